The van der Waals surface area contributed by atoms with Crippen LogP contribution in [0.1, 0.15) is 150 Å². The number of rotatable bonds is 26. The van der Waals surface area contributed by atoms with Crippen LogP contribution in [0.2, 0.25) is 0 Å². The van der Waals surface area contributed by atoms with E-state index in [0.29, 0.717) is 58.4 Å². The van der Waals surface area contributed by atoms with E-state index < -0.39 is 33.4 Å². The molecule has 0 saturated carbocycles. The van der Waals surface area contributed by atoms with E-state index in [-0.39, 0.29) is 17.2 Å². The first-order valence-electron chi connectivity index (χ1n) is 19.3. The summed E-state index contributed by atoms with van der Waals surface area (Å²) in [6.45, 7) is 49.1. The van der Waals surface area contributed by atoms with Crippen LogP contribution in [0, 0.1) is 11.3 Å². The second-order valence-electron chi connectivity index (χ2n) is 17.5. The van der Waals surface area contributed by atoms with Gasteiger partial charge < -0.3 is 28.4 Å². The molecular weight excluding hydrogens is 656 g/mol. The molecule has 0 bridgehead atoms. The summed E-state index contributed by atoms with van der Waals surface area (Å²) >= 11 is 0. The summed E-state index contributed by atoms with van der Waals surface area (Å²) in [5.74, 6) is 0.342. The number of hydrogen-bond acceptors (Lipinski definition) is 8. The lowest BCUT2D eigenvalue weighted by atomic mass is 9.86. The summed E-state index contributed by atoms with van der Waals surface area (Å²) < 4.78 is 37.5. The third kappa shape index (κ3) is 26.2. The van der Waals surface area contributed by atoms with Crippen molar-refractivity contribution in [3.63, 3.8) is 0 Å². The summed E-state index contributed by atoms with van der Waals surface area (Å²) in [5.41, 5.74) is -3.96. The molecular formula is C44H84O8. The summed E-state index contributed by atoms with van der Waals surface area (Å²) in [7, 11) is 0. The highest BCUT2D eigenvalue weighted by Crippen LogP contribution is 2.32. The Hall–Kier alpha value is -1.68. The fourth-order valence-electron chi connectivity index (χ4n) is 4.03. The molecule has 8 heteroatoms. The number of allylic oxidation sites excluding steroid dienone is 1. The van der Waals surface area contributed by atoms with Crippen LogP contribution in [0.15, 0.2) is 38.0 Å². The SMILES string of the molecule is C=CC(=O)C(C)(C)OCCC(C)(C)OCC(CC)(COC(C)(C)CCOC(C)(C)C)COC(C)(C)CCOC(C)(C)C(=O)C=C.C=CC(C)C.CC. The molecule has 0 spiro atoms. The maximum absolute atomic E-state index is 12.1. The van der Waals surface area contributed by atoms with Gasteiger partial charge in [0, 0.05) is 12.0 Å². The molecule has 0 amide bonds. The molecule has 8 nitrogen and oxygen atoms in total. The van der Waals surface area contributed by atoms with Gasteiger partial charge in [-0.1, -0.05) is 53.9 Å². The zero-order valence-corrected chi connectivity index (χ0v) is 37.3. The Labute approximate surface area is 321 Å². The van der Waals surface area contributed by atoms with E-state index in [1.54, 1.807) is 27.7 Å². The van der Waals surface area contributed by atoms with Crippen LogP contribution in [0.3, 0.4) is 0 Å². The summed E-state index contributed by atoms with van der Waals surface area (Å²) in [4.78, 5) is 24.3. The Morgan fingerprint density at radius 1 is 0.538 bits per heavy atom. The van der Waals surface area contributed by atoms with E-state index in [2.05, 4.69) is 54.4 Å². The van der Waals surface area contributed by atoms with Gasteiger partial charge >= 0.3 is 0 Å². The highest BCUT2D eigenvalue weighted by molar-refractivity contribution is 5.96. The Morgan fingerprint density at radius 2 is 0.808 bits per heavy atom. The van der Waals surface area contributed by atoms with Gasteiger partial charge in [0.05, 0.1) is 55.4 Å². The second-order valence-corrected chi connectivity index (χ2v) is 17.5. The maximum atomic E-state index is 12.1. The van der Waals surface area contributed by atoms with Crippen LogP contribution < -0.4 is 0 Å². The van der Waals surface area contributed by atoms with Gasteiger partial charge in [-0.15, -0.1) is 6.58 Å². The van der Waals surface area contributed by atoms with Crippen molar-refractivity contribution in [2.45, 2.75) is 184 Å². The van der Waals surface area contributed by atoms with Crippen molar-refractivity contribution in [1.29, 1.82) is 0 Å². The lowest BCUT2D eigenvalue weighted by Gasteiger charge is -2.41. The van der Waals surface area contributed by atoms with Crippen molar-refractivity contribution in [2.24, 2.45) is 11.3 Å². The smallest absolute Gasteiger partial charge is 0.186 e. The molecule has 0 aromatic carbocycles. The molecule has 0 unspecified atom stereocenters. The Morgan fingerprint density at radius 3 is 1.02 bits per heavy atom. The van der Waals surface area contributed by atoms with E-state index in [0.717, 1.165) is 12.8 Å². The fraction of sp³-hybridized carbons (Fsp3) is 0.818. The molecule has 0 aliphatic heterocycles. The molecule has 0 aliphatic rings. The lowest BCUT2D eigenvalue weighted by molar-refractivity contribution is -0.170. The number of carbonyl (C=O) groups excluding carboxylic acids is 2. The Bertz CT molecular complexity index is 973. The van der Waals surface area contributed by atoms with Gasteiger partial charge in [0.25, 0.3) is 0 Å². The Balaban J connectivity index is -0.00000313. The van der Waals surface area contributed by atoms with Crippen molar-refractivity contribution in [2.75, 3.05) is 39.6 Å². The van der Waals surface area contributed by atoms with Gasteiger partial charge in [0.2, 0.25) is 0 Å². The fourth-order valence-corrected chi connectivity index (χ4v) is 4.03. The van der Waals surface area contributed by atoms with Crippen LogP contribution in [-0.2, 0) is 38.0 Å². The second kappa shape index (κ2) is 24.7. The Kier molecular flexibility index (Phi) is 25.9. The van der Waals surface area contributed by atoms with Gasteiger partial charge in [0.1, 0.15) is 11.2 Å². The van der Waals surface area contributed by atoms with Gasteiger partial charge in [0.15, 0.2) is 11.6 Å². The number of hydrogen-bond donors (Lipinski definition) is 0. The van der Waals surface area contributed by atoms with Gasteiger partial charge in [-0.05, 0) is 134 Å². The van der Waals surface area contributed by atoms with Crippen LogP contribution in [0.4, 0.5) is 0 Å². The van der Waals surface area contributed by atoms with E-state index in [9.17, 15) is 9.59 Å². The van der Waals surface area contributed by atoms with Crippen molar-refractivity contribution in [1.82, 2.24) is 0 Å². The van der Waals surface area contributed by atoms with Gasteiger partial charge in [-0.25, -0.2) is 0 Å². The minimum Gasteiger partial charge on any atom is -0.376 e. The third-order valence-electron chi connectivity index (χ3n) is 8.66. The average Bonchev–Trinajstić information content (AvgIpc) is 3.03. The predicted octanol–water partition coefficient (Wildman–Crippen LogP) is 10.7. The lowest BCUT2D eigenvalue weighted by Crippen LogP contribution is -2.45. The summed E-state index contributed by atoms with van der Waals surface area (Å²) in [5, 5.41) is 0. The van der Waals surface area contributed by atoms with Gasteiger partial charge in [-0.2, -0.15) is 0 Å². The first-order valence-corrected chi connectivity index (χ1v) is 19.3. The van der Waals surface area contributed by atoms with E-state index in [1.807, 2.05) is 68.4 Å². The summed E-state index contributed by atoms with van der Waals surface area (Å²) in [6.07, 6.45) is 7.21. The summed E-state index contributed by atoms with van der Waals surface area (Å²) in [6, 6.07) is 0. The molecule has 0 radical (unpaired) electrons. The van der Waals surface area contributed by atoms with Crippen LogP contribution in [0.5, 0.6) is 0 Å². The highest BCUT2D eigenvalue weighted by Gasteiger charge is 2.37. The molecule has 0 N–H and O–H groups in total. The van der Waals surface area contributed by atoms with Crippen molar-refractivity contribution in [3.05, 3.63) is 38.0 Å². The predicted molar refractivity (Wildman–Crippen MR) is 219 cm³/mol. The van der Waals surface area contributed by atoms with Crippen molar-refractivity contribution in [3.8, 4) is 0 Å². The molecule has 0 fully saturated rings. The molecule has 52 heavy (non-hydrogen) atoms. The van der Waals surface area contributed by atoms with E-state index in [4.69, 9.17) is 28.4 Å². The number of ketones is 2. The van der Waals surface area contributed by atoms with E-state index >= 15 is 0 Å². The normalized spacial score (nSPS) is 13.1. The largest absolute Gasteiger partial charge is 0.376 e. The molecule has 0 aliphatic carbocycles. The molecule has 0 rings (SSSR count). The minimum absolute atomic E-state index is 0.153. The molecule has 0 saturated heterocycles. The molecule has 0 atom stereocenters. The quantitative estimate of drug-likeness (QED) is 0.0640. The molecule has 0 heterocycles. The first-order chi connectivity index (χ1) is 23.5. The monoisotopic (exact) mass is 741 g/mol. The van der Waals surface area contributed by atoms with Crippen LogP contribution in [-0.4, -0.2) is 84.8 Å². The molecule has 308 valence electrons. The topological polar surface area (TPSA) is 89.5 Å². The highest BCUT2D eigenvalue weighted by atomic mass is 16.5. The third-order valence-corrected chi connectivity index (χ3v) is 8.66. The van der Waals surface area contributed by atoms with E-state index in [1.165, 1.54) is 12.2 Å². The maximum Gasteiger partial charge on any atom is 0.186 e. The molecule has 0 aromatic rings. The average molecular weight is 741 g/mol. The van der Waals surface area contributed by atoms with Crippen molar-refractivity contribution < 1.29 is 38.0 Å². The zero-order valence-electron chi connectivity index (χ0n) is 37.3. The minimum atomic E-state index is -0.932. The van der Waals surface area contributed by atoms with Crippen LogP contribution >= 0.6 is 0 Å². The number of ether oxygens (including phenoxy) is 6. The molecule has 0 aromatic heterocycles. The van der Waals surface area contributed by atoms with Crippen LogP contribution in [0.25, 0.3) is 0 Å². The standard InChI is InChI=1S/C37H68O8.C5H10.C2H6/c1-17-29(38)35(13,14)41-24-21-33(9,10)44-27-37(19-3,26-43-32(7,8)20-23-40-31(4,5)6)28-45-34(11,12)22-25-42-36(15,16)30(39)18-2;1-4-5(2)3;1-2/h17-18H,1-2,19-28H2,3-16H3;4-5H,1H2,2-3H3;1-2H3. The zero-order chi connectivity index (χ0) is 41.7. The van der Waals surface area contributed by atoms with Crippen molar-refractivity contribution >= 4 is 11.6 Å². The number of carbonyl (C=O) groups is 2. The van der Waals surface area contributed by atoms with Gasteiger partial charge in [-0.3, -0.25) is 9.59 Å². The first kappa shape index (κ1) is 54.7.